The SMILES string of the molecule is CCC(C(=O)CSc1ccc(Br)cc1)C(=O)OC. The largest absolute Gasteiger partial charge is 0.468 e. The molecule has 0 fully saturated rings. The molecule has 1 aromatic carbocycles. The van der Waals surface area contributed by atoms with Crippen molar-refractivity contribution in [3.63, 3.8) is 0 Å². The number of halogens is 1. The highest BCUT2D eigenvalue weighted by Gasteiger charge is 2.25. The van der Waals surface area contributed by atoms with E-state index in [4.69, 9.17) is 0 Å². The van der Waals surface area contributed by atoms with Crippen LogP contribution in [0.25, 0.3) is 0 Å². The summed E-state index contributed by atoms with van der Waals surface area (Å²) in [6.07, 6.45) is 0.479. The van der Waals surface area contributed by atoms with Crippen LogP contribution in [0.1, 0.15) is 13.3 Å². The van der Waals surface area contributed by atoms with Crippen LogP contribution in [-0.2, 0) is 14.3 Å². The Labute approximate surface area is 119 Å². The van der Waals surface area contributed by atoms with Crippen LogP contribution in [0.2, 0.25) is 0 Å². The van der Waals surface area contributed by atoms with Crippen LogP contribution in [0.15, 0.2) is 33.6 Å². The molecule has 0 heterocycles. The van der Waals surface area contributed by atoms with Crippen LogP contribution in [0, 0.1) is 5.92 Å². The fraction of sp³-hybridized carbons (Fsp3) is 0.385. The summed E-state index contributed by atoms with van der Waals surface area (Å²) in [6.45, 7) is 1.81. The molecule has 1 atom stereocenters. The van der Waals surface area contributed by atoms with E-state index >= 15 is 0 Å². The quantitative estimate of drug-likeness (QED) is 0.456. The molecule has 0 aromatic heterocycles. The van der Waals surface area contributed by atoms with Crippen molar-refractivity contribution in [2.45, 2.75) is 18.2 Å². The summed E-state index contributed by atoms with van der Waals surface area (Å²) in [6, 6.07) is 7.71. The van der Waals surface area contributed by atoms with E-state index < -0.39 is 11.9 Å². The molecule has 0 aliphatic rings. The van der Waals surface area contributed by atoms with E-state index in [0.717, 1.165) is 9.37 Å². The molecule has 1 aromatic rings. The van der Waals surface area contributed by atoms with Crippen LogP contribution in [-0.4, -0.2) is 24.6 Å². The number of ketones is 1. The number of carbonyl (C=O) groups is 2. The molecular weight excluding hydrogens is 316 g/mol. The topological polar surface area (TPSA) is 43.4 Å². The molecule has 5 heteroatoms. The van der Waals surface area contributed by atoms with Crippen molar-refractivity contribution in [2.75, 3.05) is 12.9 Å². The summed E-state index contributed by atoms with van der Waals surface area (Å²) in [5, 5.41) is 0. The zero-order valence-corrected chi connectivity index (χ0v) is 12.7. The Bertz CT molecular complexity index is 417. The smallest absolute Gasteiger partial charge is 0.316 e. The maximum absolute atomic E-state index is 11.9. The normalized spacial score (nSPS) is 11.9. The van der Waals surface area contributed by atoms with Crippen LogP contribution in [0.3, 0.4) is 0 Å². The predicted molar refractivity (Wildman–Crippen MR) is 75.7 cm³/mol. The molecule has 18 heavy (non-hydrogen) atoms. The second-order valence-corrected chi connectivity index (χ2v) is 5.66. The number of esters is 1. The van der Waals surface area contributed by atoms with Crippen molar-refractivity contribution in [3.05, 3.63) is 28.7 Å². The van der Waals surface area contributed by atoms with Crippen LogP contribution >= 0.6 is 27.7 Å². The van der Waals surface area contributed by atoms with Gasteiger partial charge in [0.1, 0.15) is 5.92 Å². The van der Waals surface area contributed by atoms with Gasteiger partial charge in [-0.3, -0.25) is 9.59 Å². The molecule has 0 spiro atoms. The first-order chi connectivity index (χ1) is 8.58. The molecule has 0 bridgehead atoms. The molecular formula is C13H15BrO3S. The molecule has 3 nitrogen and oxygen atoms in total. The van der Waals surface area contributed by atoms with E-state index in [1.54, 1.807) is 0 Å². The second kappa shape index (κ2) is 7.59. The predicted octanol–water partition coefficient (Wildman–Crippen LogP) is 3.31. The Morgan fingerprint density at radius 1 is 1.33 bits per heavy atom. The zero-order valence-electron chi connectivity index (χ0n) is 10.3. The fourth-order valence-electron chi connectivity index (χ4n) is 1.45. The monoisotopic (exact) mass is 330 g/mol. The maximum atomic E-state index is 11.9. The molecule has 1 rings (SSSR count). The van der Waals surface area contributed by atoms with Crippen molar-refractivity contribution < 1.29 is 14.3 Å². The summed E-state index contributed by atoms with van der Waals surface area (Å²) in [7, 11) is 1.31. The first kappa shape index (κ1) is 15.2. The van der Waals surface area contributed by atoms with Gasteiger partial charge < -0.3 is 4.74 Å². The highest BCUT2D eigenvalue weighted by Crippen LogP contribution is 2.22. The van der Waals surface area contributed by atoms with E-state index in [0.29, 0.717) is 6.42 Å². The third kappa shape index (κ3) is 4.46. The minimum Gasteiger partial charge on any atom is -0.468 e. The number of hydrogen-bond donors (Lipinski definition) is 0. The van der Waals surface area contributed by atoms with Crippen molar-refractivity contribution in [1.82, 2.24) is 0 Å². The first-order valence-electron chi connectivity index (χ1n) is 5.57. The van der Waals surface area contributed by atoms with Crippen molar-refractivity contribution >= 4 is 39.4 Å². The summed E-state index contributed by atoms with van der Waals surface area (Å²) >= 11 is 4.78. The summed E-state index contributed by atoms with van der Waals surface area (Å²) in [5.74, 6) is -0.885. The number of methoxy groups -OCH3 is 1. The summed E-state index contributed by atoms with van der Waals surface area (Å²) in [5.41, 5.74) is 0. The second-order valence-electron chi connectivity index (χ2n) is 3.69. The highest BCUT2D eigenvalue weighted by atomic mass is 79.9. The number of hydrogen-bond acceptors (Lipinski definition) is 4. The molecule has 98 valence electrons. The van der Waals surface area contributed by atoms with Gasteiger partial charge in [-0.05, 0) is 30.7 Å². The summed E-state index contributed by atoms with van der Waals surface area (Å²) < 4.78 is 5.62. The minimum atomic E-state index is -0.641. The van der Waals surface area contributed by atoms with Gasteiger partial charge in [-0.15, -0.1) is 11.8 Å². The molecule has 0 N–H and O–H groups in total. The number of thioether (sulfide) groups is 1. The lowest BCUT2D eigenvalue weighted by Gasteiger charge is -2.10. The van der Waals surface area contributed by atoms with Gasteiger partial charge >= 0.3 is 5.97 Å². The van der Waals surface area contributed by atoms with Crippen LogP contribution in [0.4, 0.5) is 0 Å². The number of benzene rings is 1. The summed E-state index contributed by atoms with van der Waals surface area (Å²) in [4.78, 5) is 24.3. The fourth-order valence-corrected chi connectivity index (χ4v) is 2.56. The Balaban J connectivity index is 2.54. The molecule has 1 unspecified atom stereocenters. The average Bonchev–Trinajstić information content (AvgIpc) is 2.38. The highest BCUT2D eigenvalue weighted by molar-refractivity contribution is 9.10. The lowest BCUT2D eigenvalue weighted by molar-refractivity contribution is -0.148. The standard InChI is InChI=1S/C13H15BrO3S/c1-3-11(13(16)17-2)12(15)8-18-10-6-4-9(14)5-7-10/h4-7,11H,3,8H2,1-2H3. The van der Waals surface area contributed by atoms with Crippen molar-refractivity contribution in [1.29, 1.82) is 0 Å². The van der Waals surface area contributed by atoms with E-state index in [-0.39, 0.29) is 11.5 Å². The third-order valence-corrected chi connectivity index (χ3v) is 4.04. The van der Waals surface area contributed by atoms with Crippen molar-refractivity contribution in [3.8, 4) is 0 Å². The van der Waals surface area contributed by atoms with Gasteiger partial charge in [-0.2, -0.15) is 0 Å². The van der Waals surface area contributed by atoms with Gasteiger partial charge in [-0.25, -0.2) is 0 Å². The van der Waals surface area contributed by atoms with Gasteiger partial charge in [0.15, 0.2) is 5.78 Å². The van der Waals surface area contributed by atoms with E-state index in [9.17, 15) is 9.59 Å². The molecule has 0 aliphatic heterocycles. The van der Waals surface area contributed by atoms with Gasteiger partial charge in [0.25, 0.3) is 0 Å². The Kier molecular flexibility index (Phi) is 6.43. The number of rotatable bonds is 6. The lowest BCUT2D eigenvalue weighted by Crippen LogP contribution is -2.26. The Morgan fingerprint density at radius 3 is 2.44 bits per heavy atom. The zero-order chi connectivity index (χ0) is 13.5. The van der Waals surface area contributed by atoms with Crippen molar-refractivity contribution in [2.24, 2.45) is 5.92 Å². The lowest BCUT2D eigenvalue weighted by atomic mass is 10.0. The molecule has 0 aliphatic carbocycles. The maximum Gasteiger partial charge on any atom is 0.316 e. The van der Waals surface area contributed by atoms with Gasteiger partial charge in [0.2, 0.25) is 0 Å². The van der Waals surface area contributed by atoms with E-state index in [1.807, 2.05) is 31.2 Å². The van der Waals surface area contributed by atoms with E-state index in [2.05, 4.69) is 20.7 Å². The first-order valence-corrected chi connectivity index (χ1v) is 7.35. The Hall–Kier alpha value is -0.810. The molecule has 0 saturated heterocycles. The van der Waals surface area contributed by atoms with Gasteiger partial charge in [-0.1, -0.05) is 22.9 Å². The van der Waals surface area contributed by atoms with E-state index in [1.165, 1.54) is 18.9 Å². The number of Topliss-reactive ketones (excluding diaryl/α,β-unsaturated/α-hetero) is 1. The van der Waals surface area contributed by atoms with Gasteiger partial charge in [0, 0.05) is 9.37 Å². The van der Waals surface area contributed by atoms with Gasteiger partial charge in [0.05, 0.1) is 12.9 Å². The molecule has 0 radical (unpaired) electrons. The third-order valence-electron chi connectivity index (χ3n) is 2.48. The Morgan fingerprint density at radius 2 is 1.94 bits per heavy atom. The minimum absolute atomic E-state index is 0.0859. The number of ether oxygens (including phenoxy) is 1. The molecule has 0 saturated carbocycles. The number of carbonyl (C=O) groups excluding carboxylic acids is 2. The molecule has 0 amide bonds. The van der Waals surface area contributed by atoms with Crippen LogP contribution < -0.4 is 0 Å². The van der Waals surface area contributed by atoms with Crippen LogP contribution in [0.5, 0.6) is 0 Å². The average molecular weight is 331 g/mol.